The van der Waals surface area contributed by atoms with Crippen LogP contribution < -0.4 is 0 Å². The lowest BCUT2D eigenvalue weighted by atomic mass is 10.1. The lowest BCUT2D eigenvalue weighted by molar-refractivity contribution is -0.384. The molecular formula is C20H11ClN4O3. The van der Waals surface area contributed by atoms with Crippen molar-refractivity contribution in [2.75, 3.05) is 0 Å². The molecule has 0 unspecified atom stereocenters. The van der Waals surface area contributed by atoms with Crippen LogP contribution in [0, 0.1) is 21.4 Å². The second kappa shape index (κ2) is 7.02. The highest BCUT2D eigenvalue weighted by atomic mass is 35.5. The Kier molecular flexibility index (Phi) is 4.39. The van der Waals surface area contributed by atoms with Gasteiger partial charge in [-0.3, -0.25) is 10.1 Å². The molecule has 2 aromatic heterocycles. The third kappa shape index (κ3) is 3.24. The van der Waals surface area contributed by atoms with Crippen LogP contribution in [0.25, 0.3) is 34.0 Å². The molecule has 0 radical (unpaired) electrons. The molecule has 28 heavy (non-hydrogen) atoms. The quantitative estimate of drug-likeness (QED) is 0.283. The number of imidazole rings is 1. The van der Waals surface area contributed by atoms with Gasteiger partial charge in [0.2, 0.25) is 0 Å². The largest absolute Gasteiger partial charge is 0.457 e. The van der Waals surface area contributed by atoms with Crippen molar-refractivity contribution in [1.82, 2.24) is 9.97 Å². The Hall–Kier alpha value is -3.89. The molecule has 136 valence electrons. The summed E-state index contributed by atoms with van der Waals surface area (Å²) in [6.45, 7) is 0. The van der Waals surface area contributed by atoms with Crippen LogP contribution in [0.2, 0.25) is 5.02 Å². The molecule has 0 atom stereocenters. The maximum absolute atomic E-state index is 11.1. The van der Waals surface area contributed by atoms with Gasteiger partial charge in [0, 0.05) is 17.7 Å². The molecule has 0 fully saturated rings. The molecular weight excluding hydrogens is 380 g/mol. The van der Waals surface area contributed by atoms with E-state index in [4.69, 9.17) is 16.0 Å². The van der Waals surface area contributed by atoms with Gasteiger partial charge in [-0.05, 0) is 36.4 Å². The number of H-pyrrole nitrogens is 1. The molecule has 4 aromatic rings. The van der Waals surface area contributed by atoms with Crippen LogP contribution in [0.5, 0.6) is 0 Å². The normalized spacial score (nSPS) is 11.5. The van der Waals surface area contributed by atoms with E-state index in [0.29, 0.717) is 28.5 Å². The maximum atomic E-state index is 11.1. The molecule has 0 aliphatic carbocycles. The Balaban J connectivity index is 1.69. The van der Waals surface area contributed by atoms with E-state index >= 15 is 0 Å². The lowest BCUT2D eigenvalue weighted by Gasteiger charge is -1.99. The monoisotopic (exact) mass is 390 g/mol. The highest BCUT2D eigenvalue weighted by Gasteiger charge is 2.15. The number of hydrogen-bond acceptors (Lipinski definition) is 5. The van der Waals surface area contributed by atoms with Gasteiger partial charge >= 0.3 is 0 Å². The van der Waals surface area contributed by atoms with Crippen molar-refractivity contribution < 1.29 is 9.34 Å². The van der Waals surface area contributed by atoms with Gasteiger partial charge in [-0.25, -0.2) is 4.98 Å². The minimum absolute atomic E-state index is 0.0528. The number of hydrogen-bond donors (Lipinski definition) is 1. The first-order valence-corrected chi connectivity index (χ1v) is 8.54. The molecule has 4 rings (SSSR count). The molecule has 0 bridgehead atoms. The molecule has 0 spiro atoms. The van der Waals surface area contributed by atoms with Crippen molar-refractivity contribution in [1.29, 1.82) is 5.26 Å². The average molecular weight is 391 g/mol. The average Bonchev–Trinajstić information content (AvgIpc) is 3.33. The molecule has 2 aromatic carbocycles. The number of rotatable bonds is 4. The molecule has 0 saturated carbocycles. The lowest BCUT2D eigenvalue weighted by Crippen LogP contribution is -1.89. The first-order chi connectivity index (χ1) is 13.5. The van der Waals surface area contributed by atoms with Gasteiger partial charge in [0.05, 0.1) is 21.5 Å². The Labute approximate surface area is 163 Å². The van der Waals surface area contributed by atoms with Crippen molar-refractivity contribution >= 4 is 40.0 Å². The van der Waals surface area contributed by atoms with Gasteiger partial charge in [-0.1, -0.05) is 23.7 Å². The smallest absolute Gasteiger partial charge is 0.288 e. The first-order valence-electron chi connectivity index (χ1n) is 8.16. The zero-order valence-corrected chi connectivity index (χ0v) is 15.0. The Morgan fingerprint density at radius 3 is 2.82 bits per heavy atom. The van der Waals surface area contributed by atoms with Crippen LogP contribution >= 0.6 is 11.6 Å². The standard InChI is InChI=1S/C20H11ClN4O3/c21-15-7-5-12(10-18(15)25(26)27)19-8-6-14(28-19)9-13(11-22)20-23-16-3-1-2-4-17(16)24-20/h1-10H,(H,23,24). The van der Waals surface area contributed by atoms with Crippen LogP contribution in [0.15, 0.2) is 59.0 Å². The fourth-order valence-corrected chi connectivity index (χ4v) is 2.95. The van der Waals surface area contributed by atoms with E-state index in [2.05, 4.69) is 16.0 Å². The first kappa shape index (κ1) is 17.5. The molecule has 8 heteroatoms. The molecule has 0 aliphatic heterocycles. The van der Waals surface area contributed by atoms with Crippen molar-refractivity contribution in [3.8, 4) is 17.4 Å². The summed E-state index contributed by atoms with van der Waals surface area (Å²) in [6, 6.07) is 17.4. The van der Waals surface area contributed by atoms with Crippen molar-refractivity contribution in [2.45, 2.75) is 0 Å². The summed E-state index contributed by atoms with van der Waals surface area (Å²) < 4.78 is 5.74. The number of halogens is 1. The van der Waals surface area contributed by atoms with Crippen LogP contribution in [0.1, 0.15) is 11.6 Å². The van der Waals surface area contributed by atoms with E-state index in [1.807, 2.05) is 24.3 Å². The molecule has 1 N–H and O–H groups in total. The number of nitro groups is 1. The highest BCUT2D eigenvalue weighted by Crippen LogP contribution is 2.32. The van der Waals surface area contributed by atoms with Crippen LogP contribution in [-0.2, 0) is 0 Å². The van der Waals surface area contributed by atoms with Crippen molar-refractivity contribution in [3.05, 3.63) is 81.3 Å². The number of para-hydroxylation sites is 2. The summed E-state index contributed by atoms with van der Waals surface area (Å²) in [7, 11) is 0. The minimum Gasteiger partial charge on any atom is -0.457 e. The number of benzene rings is 2. The van der Waals surface area contributed by atoms with E-state index < -0.39 is 4.92 Å². The maximum Gasteiger partial charge on any atom is 0.288 e. The molecule has 7 nitrogen and oxygen atoms in total. The summed E-state index contributed by atoms with van der Waals surface area (Å²) in [4.78, 5) is 18.0. The number of allylic oxidation sites excluding steroid dienone is 1. The Bertz CT molecular complexity index is 1250. The number of aromatic amines is 1. The molecule has 0 saturated heterocycles. The number of nitrogens with one attached hydrogen (secondary N) is 1. The van der Waals surface area contributed by atoms with Crippen LogP contribution in [0.4, 0.5) is 5.69 Å². The molecule has 0 amide bonds. The second-order valence-electron chi connectivity index (χ2n) is 5.90. The summed E-state index contributed by atoms with van der Waals surface area (Å²) in [5.41, 5.74) is 2.20. The summed E-state index contributed by atoms with van der Waals surface area (Å²) in [5, 5.41) is 20.6. The van der Waals surface area contributed by atoms with E-state index in [0.717, 1.165) is 11.0 Å². The van der Waals surface area contributed by atoms with E-state index in [-0.39, 0.29) is 10.7 Å². The summed E-state index contributed by atoms with van der Waals surface area (Å²) in [5.74, 6) is 1.28. The number of nitrogens with zero attached hydrogens (tertiary/aromatic N) is 3. The number of fused-ring (bicyclic) bond motifs is 1. The minimum atomic E-state index is -0.551. The fourth-order valence-electron chi connectivity index (χ4n) is 2.77. The number of aromatic nitrogens is 2. The van der Waals surface area contributed by atoms with Gasteiger partial charge < -0.3 is 9.40 Å². The molecule has 0 aliphatic rings. The van der Waals surface area contributed by atoms with Gasteiger partial charge in [-0.2, -0.15) is 5.26 Å². The summed E-state index contributed by atoms with van der Waals surface area (Å²) >= 11 is 5.84. The summed E-state index contributed by atoms with van der Waals surface area (Å²) in [6.07, 6.45) is 1.56. The predicted octanol–water partition coefficient (Wildman–Crippen LogP) is 5.45. The third-order valence-corrected chi connectivity index (χ3v) is 4.43. The number of nitriles is 1. The zero-order chi connectivity index (χ0) is 19.7. The Morgan fingerprint density at radius 2 is 2.07 bits per heavy atom. The molecule has 2 heterocycles. The predicted molar refractivity (Wildman–Crippen MR) is 105 cm³/mol. The van der Waals surface area contributed by atoms with Crippen molar-refractivity contribution in [3.63, 3.8) is 0 Å². The fraction of sp³-hybridized carbons (Fsp3) is 0. The topological polar surface area (TPSA) is 109 Å². The highest BCUT2D eigenvalue weighted by molar-refractivity contribution is 6.32. The third-order valence-electron chi connectivity index (χ3n) is 4.11. The zero-order valence-electron chi connectivity index (χ0n) is 14.2. The number of furan rings is 1. The SMILES string of the molecule is N#CC(=Cc1ccc(-c2ccc(Cl)c([N+](=O)[O-])c2)o1)c1nc2ccccc2[nH]1. The van der Waals surface area contributed by atoms with Crippen LogP contribution in [0.3, 0.4) is 0 Å². The Morgan fingerprint density at radius 1 is 1.25 bits per heavy atom. The van der Waals surface area contributed by atoms with Gasteiger partial charge in [0.15, 0.2) is 0 Å². The van der Waals surface area contributed by atoms with E-state index in [9.17, 15) is 15.4 Å². The van der Waals surface area contributed by atoms with Gasteiger partial charge in [0.1, 0.15) is 28.4 Å². The van der Waals surface area contributed by atoms with Crippen molar-refractivity contribution in [2.24, 2.45) is 0 Å². The van der Waals surface area contributed by atoms with Gasteiger partial charge in [-0.15, -0.1) is 0 Å². The van der Waals surface area contributed by atoms with Crippen LogP contribution in [-0.4, -0.2) is 14.9 Å². The van der Waals surface area contributed by atoms with Gasteiger partial charge in [0.25, 0.3) is 5.69 Å². The van der Waals surface area contributed by atoms with E-state index in [1.54, 1.807) is 24.3 Å². The number of nitro benzene ring substituents is 1. The van der Waals surface area contributed by atoms with E-state index in [1.165, 1.54) is 12.1 Å². The second-order valence-corrected chi connectivity index (χ2v) is 6.30.